The Morgan fingerprint density at radius 3 is 2.91 bits per heavy atom. The third-order valence-electron chi connectivity index (χ3n) is 4.18. The minimum Gasteiger partial charge on any atom is -0.485 e. The fraction of sp³-hybridized carbons (Fsp3) is 0.467. The van der Waals surface area contributed by atoms with Crippen molar-refractivity contribution < 1.29 is 14.3 Å². The van der Waals surface area contributed by atoms with Crippen LogP contribution in [0.2, 0.25) is 0 Å². The number of amides is 1. The first-order valence-corrected chi connectivity index (χ1v) is 8.36. The van der Waals surface area contributed by atoms with E-state index in [1.54, 1.807) is 6.20 Å². The minimum atomic E-state index is 0.0506. The zero-order chi connectivity index (χ0) is 14.9. The minimum absolute atomic E-state index is 0.0506. The fourth-order valence-electron chi connectivity index (χ4n) is 3.01. The van der Waals surface area contributed by atoms with Crippen molar-refractivity contribution in [3.05, 3.63) is 28.5 Å². The molecule has 2 aliphatic rings. The highest BCUT2D eigenvalue weighted by Gasteiger charge is 2.30. The number of rotatable bonds is 2. The van der Waals surface area contributed by atoms with E-state index in [2.05, 4.69) is 9.97 Å². The second-order valence-electron chi connectivity index (χ2n) is 5.50. The van der Waals surface area contributed by atoms with Crippen LogP contribution in [0.15, 0.2) is 17.8 Å². The average Bonchev–Trinajstić information content (AvgIpc) is 3.24. The Bertz CT molecular complexity index is 660. The molecule has 2 aromatic heterocycles. The Balaban J connectivity index is 1.45. The van der Waals surface area contributed by atoms with Crippen LogP contribution < -0.4 is 9.47 Å². The van der Waals surface area contributed by atoms with Gasteiger partial charge in [0.05, 0.1) is 0 Å². The maximum absolute atomic E-state index is 12.7. The number of thiophene rings is 1. The molecule has 6 nitrogen and oxygen atoms in total. The number of nitrogens with one attached hydrogen (secondary N) is 1. The molecule has 0 aliphatic carbocycles. The summed E-state index contributed by atoms with van der Waals surface area (Å²) in [6, 6.07) is 0. The SMILES string of the molecule is O=C(c1scc2c1OCCO2)N1CCC(c2ncc[nH]2)CC1. The standard InChI is InChI=1S/C15H17N3O3S/c19-15(13-12-11(9-22-13)20-7-8-21-12)18-5-1-10(2-6-18)14-16-3-4-17-14/h3-4,9-10H,1-2,5-8H2,(H,16,17). The molecule has 7 heteroatoms. The number of likely N-dealkylation sites (tertiary alicyclic amines) is 1. The number of aromatic nitrogens is 2. The van der Waals surface area contributed by atoms with Crippen molar-refractivity contribution in [3.8, 4) is 11.5 Å². The Morgan fingerprint density at radius 2 is 2.14 bits per heavy atom. The van der Waals surface area contributed by atoms with Crippen LogP contribution in [0.4, 0.5) is 0 Å². The molecule has 2 aromatic rings. The van der Waals surface area contributed by atoms with Crippen LogP contribution in [0.25, 0.3) is 0 Å². The molecule has 1 fully saturated rings. The van der Waals surface area contributed by atoms with Gasteiger partial charge in [-0.3, -0.25) is 4.79 Å². The van der Waals surface area contributed by atoms with Gasteiger partial charge in [-0.05, 0) is 12.8 Å². The highest BCUT2D eigenvalue weighted by molar-refractivity contribution is 7.12. The van der Waals surface area contributed by atoms with Crippen LogP contribution in [0.3, 0.4) is 0 Å². The topological polar surface area (TPSA) is 67.5 Å². The molecule has 1 saturated heterocycles. The van der Waals surface area contributed by atoms with E-state index in [0.717, 1.165) is 31.8 Å². The Hall–Kier alpha value is -2.02. The summed E-state index contributed by atoms with van der Waals surface area (Å²) >= 11 is 1.41. The van der Waals surface area contributed by atoms with Gasteiger partial charge in [0.15, 0.2) is 11.5 Å². The predicted octanol–water partition coefficient (Wildman–Crippen LogP) is 2.26. The number of hydrogen-bond donors (Lipinski definition) is 1. The lowest BCUT2D eigenvalue weighted by atomic mass is 9.96. The van der Waals surface area contributed by atoms with E-state index >= 15 is 0 Å². The van der Waals surface area contributed by atoms with Crippen LogP contribution in [0.5, 0.6) is 11.5 Å². The van der Waals surface area contributed by atoms with Gasteiger partial charge in [0.25, 0.3) is 5.91 Å². The van der Waals surface area contributed by atoms with E-state index < -0.39 is 0 Å². The second kappa shape index (κ2) is 5.64. The Labute approximate surface area is 132 Å². The van der Waals surface area contributed by atoms with Gasteiger partial charge in [0.2, 0.25) is 0 Å². The van der Waals surface area contributed by atoms with Crippen molar-refractivity contribution in [2.45, 2.75) is 18.8 Å². The van der Waals surface area contributed by atoms with Gasteiger partial charge in [-0.2, -0.15) is 0 Å². The summed E-state index contributed by atoms with van der Waals surface area (Å²) in [5.41, 5.74) is 0. The van der Waals surface area contributed by atoms with Crippen LogP contribution in [0.1, 0.15) is 34.3 Å². The number of carbonyl (C=O) groups is 1. The van der Waals surface area contributed by atoms with Gasteiger partial charge < -0.3 is 19.4 Å². The number of ether oxygens (including phenoxy) is 2. The molecule has 0 bridgehead atoms. The third kappa shape index (κ3) is 2.35. The van der Waals surface area contributed by atoms with Crippen LogP contribution in [0, 0.1) is 0 Å². The number of H-pyrrole nitrogens is 1. The van der Waals surface area contributed by atoms with E-state index in [9.17, 15) is 4.79 Å². The molecule has 1 amide bonds. The van der Waals surface area contributed by atoms with Crippen molar-refractivity contribution in [1.29, 1.82) is 0 Å². The fourth-order valence-corrected chi connectivity index (χ4v) is 3.91. The van der Waals surface area contributed by atoms with E-state index in [4.69, 9.17) is 9.47 Å². The maximum atomic E-state index is 12.7. The summed E-state index contributed by atoms with van der Waals surface area (Å²) in [4.78, 5) is 22.8. The molecule has 1 N–H and O–H groups in total. The lowest BCUT2D eigenvalue weighted by Gasteiger charge is -2.31. The monoisotopic (exact) mass is 319 g/mol. The van der Waals surface area contributed by atoms with Crippen LogP contribution >= 0.6 is 11.3 Å². The number of nitrogens with zero attached hydrogens (tertiary/aromatic N) is 2. The van der Waals surface area contributed by atoms with E-state index in [1.165, 1.54) is 11.3 Å². The summed E-state index contributed by atoms with van der Waals surface area (Å²) < 4.78 is 11.1. The molecule has 0 aromatic carbocycles. The molecule has 22 heavy (non-hydrogen) atoms. The summed E-state index contributed by atoms with van der Waals surface area (Å²) in [5, 5.41) is 1.86. The van der Waals surface area contributed by atoms with Gasteiger partial charge in [-0.25, -0.2) is 4.98 Å². The van der Waals surface area contributed by atoms with E-state index in [-0.39, 0.29) is 5.91 Å². The third-order valence-corrected chi connectivity index (χ3v) is 5.11. The molecule has 0 radical (unpaired) electrons. The summed E-state index contributed by atoms with van der Waals surface area (Å²) in [6.07, 6.45) is 5.50. The molecule has 4 rings (SSSR count). The lowest BCUT2D eigenvalue weighted by Crippen LogP contribution is -2.38. The Kier molecular flexibility index (Phi) is 3.49. The number of carbonyl (C=O) groups excluding carboxylic acids is 1. The maximum Gasteiger partial charge on any atom is 0.267 e. The molecular weight excluding hydrogens is 302 g/mol. The quantitative estimate of drug-likeness (QED) is 0.922. The average molecular weight is 319 g/mol. The highest BCUT2D eigenvalue weighted by atomic mass is 32.1. The van der Waals surface area contributed by atoms with E-state index in [1.807, 2.05) is 16.5 Å². The largest absolute Gasteiger partial charge is 0.485 e. The second-order valence-corrected chi connectivity index (χ2v) is 6.38. The van der Waals surface area contributed by atoms with Crippen LogP contribution in [-0.4, -0.2) is 47.1 Å². The molecule has 0 spiro atoms. The molecular formula is C15H17N3O3S. The van der Waals surface area contributed by atoms with Gasteiger partial charge in [-0.1, -0.05) is 0 Å². The molecule has 0 unspecified atom stereocenters. The summed E-state index contributed by atoms with van der Waals surface area (Å²) in [5.74, 6) is 2.81. The first kappa shape index (κ1) is 13.6. The molecule has 4 heterocycles. The molecule has 0 atom stereocenters. The number of imidazole rings is 1. The zero-order valence-electron chi connectivity index (χ0n) is 12.1. The van der Waals surface area contributed by atoms with Crippen molar-refractivity contribution in [3.63, 3.8) is 0 Å². The van der Waals surface area contributed by atoms with Gasteiger partial charge >= 0.3 is 0 Å². The Morgan fingerprint density at radius 1 is 1.32 bits per heavy atom. The summed E-state index contributed by atoms with van der Waals surface area (Å²) in [7, 11) is 0. The molecule has 0 saturated carbocycles. The van der Waals surface area contributed by atoms with Crippen molar-refractivity contribution in [2.75, 3.05) is 26.3 Å². The molecule has 116 valence electrons. The number of fused-ring (bicyclic) bond motifs is 1. The first-order valence-electron chi connectivity index (χ1n) is 7.48. The van der Waals surface area contributed by atoms with Gasteiger partial charge in [0, 0.05) is 36.8 Å². The smallest absolute Gasteiger partial charge is 0.267 e. The summed E-state index contributed by atoms with van der Waals surface area (Å²) in [6.45, 7) is 2.55. The van der Waals surface area contributed by atoms with Gasteiger partial charge in [0.1, 0.15) is 23.9 Å². The number of aromatic amines is 1. The number of hydrogen-bond acceptors (Lipinski definition) is 5. The number of piperidine rings is 1. The van der Waals surface area contributed by atoms with Gasteiger partial charge in [-0.15, -0.1) is 11.3 Å². The molecule has 2 aliphatic heterocycles. The lowest BCUT2D eigenvalue weighted by molar-refractivity contribution is 0.0707. The van der Waals surface area contributed by atoms with Crippen molar-refractivity contribution >= 4 is 17.2 Å². The highest BCUT2D eigenvalue weighted by Crippen LogP contribution is 2.40. The van der Waals surface area contributed by atoms with Crippen molar-refractivity contribution in [1.82, 2.24) is 14.9 Å². The predicted molar refractivity (Wildman–Crippen MR) is 81.8 cm³/mol. The van der Waals surface area contributed by atoms with E-state index in [0.29, 0.717) is 35.5 Å². The van der Waals surface area contributed by atoms with Crippen LogP contribution in [-0.2, 0) is 0 Å². The zero-order valence-corrected chi connectivity index (χ0v) is 12.9. The normalized spacial score (nSPS) is 18.5. The van der Waals surface area contributed by atoms with Crippen molar-refractivity contribution in [2.24, 2.45) is 0 Å². The first-order chi connectivity index (χ1) is 10.8.